The van der Waals surface area contributed by atoms with Crippen molar-refractivity contribution in [3.63, 3.8) is 0 Å². The Bertz CT molecular complexity index is 765. The second-order valence-corrected chi connectivity index (χ2v) is 5.86. The molecular formula is C11H7ClF3N3O2S. The summed E-state index contributed by atoms with van der Waals surface area (Å²) >= 11 is 5.54. The fraction of sp³-hybridized carbons (Fsp3) is 0.0909. The van der Waals surface area contributed by atoms with E-state index in [1.54, 1.807) is 0 Å². The van der Waals surface area contributed by atoms with Gasteiger partial charge >= 0.3 is 6.18 Å². The van der Waals surface area contributed by atoms with Crippen LogP contribution in [-0.2, 0) is 16.2 Å². The van der Waals surface area contributed by atoms with Gasteiger partial charge in [-0.1, -0.05) is 23.7 Å². The van der Waals surface area contributed by atoms with Crippen LogP contribution in [0.3, 0.4) is 0 Å². The average molecular weight is 338 g/mol. The Labute approximate surface area is 122 Å². The fourth-order valence-corrected chi connectivity index (χ4v) is 2.88. The van der Waals surface area contributed by atoms with Crippen LogP contribution in [0.4, 0.5) is 19.0 Å². The van der Waals surface area contributed by atoms with Crippen molar-refractivity contribution in [3.8, 4) is 0 Å². The summed E-state index contributed by atoms with van der Waals surface area (Å²) in [7, 11) is -4.48. The first kappa shape index (κ1) is 15.5. The van der Waals surface area contributed by atoms with Crippen LogP contribution in [0.5, 0.6) is 0 Å². The predicted molar refractivity (Wildman–Crippen MR) is 69.3 cm³/mol. The number of hydrogen-bond acceptors (Lipinski definition) is 4. The van der Waals surface area contributed by atoms with E-state index in [1.165, 1.54) is 6.07 Å². The number of halogens is 4. The van der Waals surface area contributed by atoms with E-state index in [-0.39, 0.29) is 11.0 Å². The number of nitrogens with one attached hydrogen (secondary N) is 1. The lowest BCUT2D eigenvalue weighted by Crippen LogP contribution is -2.19. The number of aromatic nitrogens is 2. The summed E-state index contributed by atoms with van der Waals surface area (Å²) in [6.07, 6.45) is -2.62. The molecule has 0 spiro atoms. The van der Waals surface area contributed by atoms with Gasteiger partial charge in [0.25, 0.3) is 10.0 Å². The van der Waals surface area contributed by atoms with Crippen molar-refractivity contribution in [2.75, 3.05) is 4.72 Å². The molecule has 1 aromatic heterocycles. The molecule has 0 aliphatic rings. The molecule has 112 valence electrons. The maximum atomic E-state index is 12.8. The van der Waals surface area contributed by atoms with Crippen molar-refractivity contribution in [3.05, 3.63) is 47.4 Å². The molecule has 1 heterocycles. The van der Waals surface area contributed by atoms with Gasteiger partial charge in [0.2, 0.25) is 0 Å². The van der Waals surface area contributed by atoms with Crippen LogP contribution in [0.1, 0.15) is 5.56 Å². The molecule has 0 amide bonds. The molecular weight excluding hydrogens is 331 g/mol. The quantitative estimate of drug-likeness (QED) is 0.934. The van der Waals surface area contributed by atoms with Crippen LogP contribution in [0.15, 0.2) is 41.6 Å². The zero-order valence-electron chi connectivity index (χ0n) is 10.1. The average Bonchev–Trinajstić information content (AvgIpc) is 2.37. The molecule has 1 aromatic carbocycles. The monoisotopic (exact) mass is 337 g/mol. The molecule has 0 fully saturated rings. The second kappa shape index (κ2) is 5.49. The lowest BCUT2D eigenvalue weighted by molar-refractivity contribution is -0.139. The van der Waals surface area contributed by atoms with Gasteiger partial charge in [-0.05, 0) is 12.1 Å². The number of hydrogen-bond donors (Lipinski definition) is 1. The first-order chi connectivity index (χ1) is 9.70. The molecule has 2 rings (SSSR count). The highest BCUT2D eigenvalue weighted by atomic mass is 35.5. The maximum absolute atomic E-state index is 12.8. The van der Waals surface area contributed by atoms with E-state index in [4.69, 9.17) is 11.6 Å². The van der Waals surface area contributed by atoms with Crippen molar-refractivity contribution in [2.45, 2.75) is 11.1 Å². The molecule has 0 saturated carbocycles. The highest BCUT2D eigenvalue weighted by Crippen LogP contribution is 2.34. The van der Waals surface area contributed by atoms with Crippen LogP contribution in [0, 0.1) is 0 Å². The van der Waals surface area contributed by atoms with Crippen molar-refractivity contribution < 1.29 is 21.6 Å². The smallest absolute Gasteiger partial charge is 0.262 e. The molecule has 2 aromatic rings. The Morgan fingerprint density at radius 3 is 2.43 bits per heavy atom. The van der Waals surface area contributed by atoms with E-state index in [1.807, 2.05) is 4.72 Å². The Morgan fingerprint density at radius 1 is 1.14 bits per heavy atom. The van der Waals surface area contributed by atoms with E-state index < -0.39 is 26.7 Å². The molecule has 0 aliphatic heterocycles. The SMILES string of the molecule is O=S(=O)(Nc1cncc(Cl)n1)c1ccccc1C(F)(F)F. The molecule has 1 N–H and O–H groups in total. The number of rotatable bonds is 3. The lowest BCUT2D eigenvalue weighted by Gasteiger charge is -2.13. The van der Waals surface area contributed by atoms with Gasteiger partial charge in [-0.2, -0.15) is 13.2 Å². The van der Waals surface area contributed by atoms with Gasteiger partial charge in [0.15, 0.2) is 5.82 Å². The minimum absolute atomic E-state index is 0.0979. The van der Waals surface area contributed by atoms with Gasteiger partial charge in [0, 0.05) is 0 Å². The highest BCUT2D eigenvalue weighted by Gasteiger charge is 2.37. The van der Waals surface area contributed by atoms with Crippen molar-refractivity contribution >= 4 is 27.4 Å². The lowest BCUT2D eigenvalue weighted by atomic mass is 10.2. The summed E-state index contributed by atoms with van der Waals surface area (Å²) in [5.74, 6) is -0.278. The number of nitrogens with zero attached hydrogens (tertiary/aromatic N) is 2. The molecule has 0 radical (unpaired) electrons. The highest BCUT2D eigenvalue weighted by molar-refractivity contribution is 7.92. The second-order valence-electron chi connectivity index (χ2n) is 3.83. The number of benzene rings is 1. The van der Waals surface area contributed by atoms with Crippen molar-refractivity contribution in [1.29, 1.82) is 0 Å². The predicted octanol–water partition coefficient (Wildman–Crippen LogP) is 2.95. The number of sulfonamides is 1. The zero-order chi connectivity index (χ0) is 15.7. The van der Waals surface area contributed by atoms with Crippen LogP contribution < -0.4 is 4.72 Å². The van der Waals surface area contributed by atoms with Crippen LogP contribution >= 0.6 is 11.6 Å². The summed E-state index contributed by atoms with van der Waals surface area (Å²) < 4.78 is 64.5. The van der Waals surface area contributed by atoms with E-state index >= 15 is 0 Å². The van der Waals surface area contributed by atoms with Gasteiger partial charge in [-0.3, -0.25) is 9.71 Å². The summed E-state index contributed by atoms with van der Waals surface area (Å²) in [4.78, 5) is 6.29. The van der Waals surface area contributed by atoms with Crippen LogP contribution in [-0.4, -0.2) is 18.4 Å². The standard InChI is InChI=1S/C11H7ClF3N3O2S/c12-9-5-16-6-10(17-9)18-21(19,20)8-4-2-1-3-7(8)11(13,14)15/h1-6H,(H,17,18). The number of alkyl halides is 3. The topological polar surface area (TPSA) is 72.0 Å². The normalized spacial score (nSPS) is 12.2. The molecule has 0 saturated heterocycles. The first-order valence-electron chi connectivity index (χ1n) is 5.37. The summed E-state index contributed by atoms with van der Waals surface area (Å²) in [6, 6.07) is 3.82. The van der Waals surface area contributed by atoms with Gasteiger partial charge in [-0.25, -0.2) is 13.4 Å². The van der Waals surface area contributed by atoms with Crippen LogP contribution in [0.2, 0.25) is 5.15 Å². The molecule has 0 unspecified atom stereocenters. The summed E-state index contributed by atoms with van der Waals surface area (Å²) in [6.45, 7) is 0. The minimum atomic E-state index is -4.80. The molecule has 0 atom stereocenters. The van der Waals surface area contributed by atoms with Gasteiger partial charge in [-0.15, -0.1) is 0 Å². The van der Waals surface area contributed by atoms with Crippen molar-refractivity contribution in [1.82, 2.24) is 9.97 Å². The van der Waals surface area contributed by atoms with E-state index in [2.05, 4.69) is 9.97 Å². The molecule has 21 heavy (non-hydrogen) atoms. The number of anilines is 1. The largest absolute Gasteiger partial charge is 0.417 e. The summed E-state index contributed by atoms with van der Waals surface area (Å²) in [5.41, 5.74) is -1.27. The van der Waals surface area contributed by atoms with Gasteiger partial charge in [0.05, 0.1) is 22.9 Å². The third-order valence-electron chi connectivity index (χ3n) is 2.33. The Balaban J connectivity index is 2.46. The van der Waals surface area contributed by atoms with Crippen LogP contribution in [0.25, 0.3) is 0 Å². The van der Waals surface area contributed by atoms with E-state index in [0.29, 0.717) is 6.07 Å². The third-order valence-corrected chi connectivity index (χ3v) is 3.92. The maximum Gasteiger partial charge on any atom is 0.417 e. The van der Waals surface area contributed by atoms with Gasteiger partial charge < -0.3 is 0 Å². The first-order valence-corrected chi connectivity index (χ1v) is 7.23. The minimum Gasteiger partial charge on any atom is -0.262 e. The van der Waals surface area contributed by atoms with Gasteiger partial charge in [0.1, 0.15) is 5.15 Å². The van der Waals surface area contributed by atoms with E-state index in [0.717, 1.165) is 24.5 Å². The Kier molecular flexibility index (Phi) is 4.06. The Morgan fingerprint density at radius 2 is 1.81 bits per heavy atom. The Hall–Kier alpha value is -1.87. The zero-order valence-corrected chi connectivity index (χ0v) is 11.7. The molecule has 0 bridgehead atoms. The molecule has 10 heteroatoms. The third kappa shape index (κ3) is 3.61. The summed E-state index contributed by atoms with van der Waals surface area (Å²) in [5, 5.41) is -0.0979. The molecule has 0 aliphatic carbocycles. The molecule has 5 nitrogen and oxygen atoms in total. The van der Waals surface area contributed by atoms with Crippen molar-refractivity contribution in [2.24, 2.45) is 0 Å². The van der Waals surface area contributed by atoms with E-state index in [9.17, 15) is 21.6 Å². The fourth-order valence-electron chi connectivity index (χ4n) is 1.52.